The normalized spacial score (nSPS) is 12.6. The number of aromatic nitrogens is 1. The molecule has 1 heterocycles. The predicted molar refractivity (Wildman–Crippen MR) is 96.7 cm³/mol. The third-order valence-electron chi connectivity index (χ3n) is 3.99. The molecule has 0 aliphatic heterocycles. The smallest absolute Gasteiger partial charge is 0.0939 e. The van der Waals surface area contributed by atoms with E-state index in [0.29, 0.717) is 0 Å². The number of benzene rings is 2. The summed E-state index contributed by atoms with van der Waals surface area (Å²) in [5.41, 5.74) is 3.29. The van der Waals surface area contributed by atoms with Crippen LogP contribution in [0.4, 0.5) is 0 Å². The monoisotopic (exact) mass is 326 g/mol. The highest BCUT2D eigenvalue weighted by atomic mass is 32.1. The van der Waals surface area contributed by atoms with Crippen LogP contribution in [0, 0.1) is 0 Å². The van der Waals surface area contributed by atoms with E-state index in [2.05, 4.69) is 47.6 Å². The van der Waals surface area contributed by atoms with Crippen LogP contribution < -0.4 is 5.32 Å². The van der Waals surface area contributed by atoms with Crippen molar-refractivity contribution < 1.29 is 5.11 Å². The maximum absolute atomic E-state index is 9.22. The molecule has 3 aromatic rings. The van der Waals surface area contributed by atoms with Crippen LogP contribution in [-0.4, -0.2) is 16.6 Å². The number of nitrogens with one attached hydrogen (secondary N) is 1. The molecule has 0 saturated carbocycles. The maximum atomic E-state index is 9.22. The van der Waals surface area contributed by atoms with E-state index in [0.717, 1.165) is 30.5 Å². The SMILES string of the molecule is CC(NCCCc1nc2ccccc2s1)c1cccc(CO)c1. The van der Waals surface area contributed by atoms with Crippen molar-refractivity contribution in [3.63, 3.8) is 0 Å². The zero-order valence-electron chi connectivity index (χ0n) is 13.3. The molecule has 3 rings (SSSR count). The fourth-order valence-electron chi connectivity index (χ4n) is 2.66. The average molecular weight is 326 g/mol. The standard InChI is InChI=1S/C19H22N2OS/c1-14(16-7-4-6-15(12-16)13-22)20-11-5-10-19-21-17-8-2-3-9-18(17)23-19/h2-4,6-9,12,14,20,22H,5,10-11,13H2,1H3. The minimum Gasteiger partial charge on any atom is -0.392 e. The summed E-state index contributed by atoms with van der Waals surface area (Å²) in [5, 5.41) is 14.0. The number of aliphatic hydroxyl groups excluding tert-OH is 1. The molecule has 0 saturated heterocycles. The second kappa shape index (κ2) is 7.68. The minimum absolute atomic E-state index is 0.0954. The summed E-state index contributed by atoms with van der Waals surface area (Å²) in [6, 6.07) is 16.7. The van der Waals surface area contributed by atoms with E-state index in [1.807, 2.05) is 18.2 Å². The topological polar surface area (TPSA) is 45.2 Å². The van der Waals surface area contributed by atoms with Crippen LogP contribution in [0.25, 0.3) is 10.2 Å². The molecule has 120 valence electrons. The van der Waals surface area contributed by atoms with Crippen LogP contribution in [0.15, 0.2) is 48.5 Å². The zero-order chi connectivity index (χ0) is 16.1. The zero-order valence-corrected chi connectivity index (χ0v) is 14.1. The van der Waals surface area contributed by atoms with Gasteiger partial charge in [0.25, 0.3) is 0 Å². The van der Waals surface area contributed by atoms with Gasteiger partial charge in [-0.25, -0.2) is 4.98 Å². The molecule has 3 nitrogen and oxygen atoms in total. The van der Waals surface area contributed by atoms with Crippen molar-refractivity contribution in [2.75, 3.05) is 6.54 Å². The van der Waals surface area contributed by atoms with Gasteiger partial charge in [0.05, 0.1) is 21.8 Å². The van der Waals surface area contributed by atoms with E-state index < -0.39 is 0 Å². The van der Waals surface area contributed by atoms with E-state index in [-0.39, 0.29) is 12.6 Å². The number of fused-ring (bicyclic) bond motifs is 1. The van der Waals surface area contributed by atoms with E-state index in [1.54, 1.807) is 11.3 Å². The van der Waals surface area contributed by atoms with Crippen LogP contribution in [-0.2, 0) is 13.0 Å². The van der Waals surface area contributed by atoms with Gasteiger partial charge >= 0.3 is 0 Å². The molecule has 0 radical (unpaired) electrons. The molecule has 1 aromatic heterocycles. The number of aryl methyl sites for hydroxylation is 1. The summed E-state index contributed by atoms with van der Waals surface area (Å²) < 4.78 is 1.27. The molecule has 0 amide bonds. The third kappa shape index (κ3) is 4.16. The van der Waals surface area contributed by atoms with E-state index in [4.69, 9.17) is 0 Å². The molecule has 0 aliphatic carbocycles. The van der Waals surface area contributed by atoms with Crippen molar-refractivity contribution in [2.24, 2.45) is 0 Å². The van der Waals surface area contributed by atoms with Gasteiger partial charge < -0.3 is 10.4 Å². The summed E-state index contributed by atoms with van der Waals surface area (Å²) in [5.74, 6) is 0. The number of rotatable bonds is 7. The Hall–Kier alpha value is -1.75. The van der Waals surface area contributed by atoms with Crippen LogP contribution in [0.2, 0.25) is 0 Å². The van der Waals surface area contributed by atoms with E-state index >= 15 is 0 Å². The van der Waals surface area contributed by atoms with E-state index in [1.165, 1.54) is 15.3 Å². The molecule has 0 spiro atoms. The summed E-state index contributed by atoms with van der Waals surface area (Å²) in [6.07, 6.45) is 2.08. The Morgan fingerprint density at radius 2 is 2.04 bits per heavy atom. The average Bonchev–Trinajstić information content (AvgIpc) is 3.01. The molecular formula is C19H22N2OS. The van der Waals surface area contributed by atoms with Gasteiger partial charge in [0.1, 0.15) is 0 Å². The molecule has 0 fully saturated rings. The van der Waals surface area contributed by atoms with Crippen LogP contribution >= 0.6 is 11.3 Å². The number of aliphatic hydroxyl groups is 1. The summed E-state index contributed by atoms with van der Waals surface area (Å²) in [6.45, 7) is 3.22. The highest BCUT2D eigenvalue weighted by Crippen LogP contribution is 2.22. The number of thiazole rings is 1. The van der Waals surface area contributed by atoms with Crippen LogP contribution in [0.3, 0.4) is 0 Å². The Labute approximate surface area is 141 Å². The van der Waals surface area contributed by atoms with Gasteiger partial charge in [-0.05, 0) is 43.1 Å². The number of para-hydroxylation sites is 1. The first-order valence-corrected chi connectivity index (χ1v) is 8.85. The Kier molecular flexibility index (Phi) is 5.39. The molecule has 1 unspecified atom stereocenters. The van der Waals surface area contributed by atoms with Crippen molar-refractivity contribution in [1.82, 2.24) is 10.3 Å². The fraction of sp³-hybridized carbons (Fsp3) is 0.316. The largest absolute Gasteiger partial charge is 0.392 e. The highest BCUT2D eigenvalue weighted by molar-refractivity contribution is 7.18. The molecule has 1 atom stereocenters. The summed E-state index contributed by atoms with van der Waals surface area (Å²) in [7, 11) is 0. The fourth-order valence-corrected chi connectivity index (χ4v) is 3.67. The minimum atomic E-state index is 0.0954. The Balaban J connectivity index is 1.49. The first-order valence-electron chi connectivity index (χ1n) is 8.04. The van der Waals surface area contributed by atoms with E-state index in [9.17, 15) is 5.11 Å². The van der Waals surface area contributed by atoms with Gasteiger partial charge in [-0.2, -0.15) is 0 Å². The summed E-state index contributed by atoms with van der Waals surface area (Å²) >= 11 is 1.79. The highest BCUT2D eigenvalue weighted by Gasteiger charge is 2.06. The Morgan fingerprint density at radius 3 is 2.87 bits per heavy atom. The Bertz CT molecular complexity index is 736. The van der Waals surface area contributed by atoms with Gasteiger partial charge in [-0.3, -0.25) is 0 Å². The molecule has 0 aliphatic rings. The molecule has 0 bridgehead atoms. The molecular weight excluding hydrogens is 304 g/mol. The van der Waals surface area contributed by atoms with Crippen molar-refractivity contribution in [2.45, 2.75) is 32.4 Å². The van der Waals surface area contributed by atoms with Crippen molar-refractivity contribution in [3.05, 3.63) is 64.7 Å². The van der Waals surface area contributed by atoms with Gasteiger partial charge in [0, 0.05) is 12.5 Å². The van der Waals surface area contributed by atoms with Crippen molar-refractivity contribution >= 4 is 21.6 Å². The lowest BCUT2D eigenvalue weighted by Gasteiger charge is -2.14. The lowest BCUT2D eigenvalue weighted by Crippen LogP contribution is -2.20. The first-order chi connectivity index (χ1) is 11.3. The Morgan fingerprint density at radius 1 is 1.17 bits per heavy atom. The first kappa shape index (κ1) is 16.1. The second-order valence-corrected chi connectivity index (χ2v) is 6.87. The summed E-state index contributed by atoms with van der Waals surface area (Å²) in [4.78, 5) is 4.67. The number of hydrogen-bond donors (Lipinski definition) is 2. The third-order valence-corrected chi connectivity index (χ3v) is 5.09. The lowest BCUT2D eigenvalue weighted by atomic mass is 10.1. The molecule has 2 aromatic carbocycles. The second-order valence-electron chi connectivity index (χ2n) is 5.76. The number of hydrogen-bond acceptors (Lipinski definition) is 4. The van der Waals surface area contributed by atoms with Gasteiger partial charge in [0.2, 0.25) is 0 Å². The van der Waals surface area contributed by atoms with Crippen LogP contribution in [0.5, 0.6) is 0 Å². The number of nitrogens with zero attached hydrogens (tertiary/aromatic N) is 1. The quantitative estimate of drug-likeness (QED) is 0.643. The predicted octanol–water partition coefficient (Wildman–Crippen LogP) is 4.07. The van der Waals surface area contributed by atoms with Gasteiger partial charge in [-0.15, -0.1) is 11.3 Å². The molecule has 4 heteroatoms. The van der Waals surface area contributed by atoms with Gasteiger partial charge in [-0.1, -0.05) is 36.4 Å². The lowest BCUT2D eigenvalue weighted by molar-refractivity contribution is 0.281. The van der Waals surface area contributed by atoms with Gasteiger partial charge in [0.15, 0.2) is 0 Å². The van der Waals surface area contributed by atoms with Crippen molar-refractivity contribution in [1.29, 1.82) is 0 Å². The molecule has 2 N–H and O–H groups in total. The van der Waals surface area contributed by atoms with Crippen LogP contribution in [0.1, 0.15) is 35.5 Å². The molecule has 23 heavy (non-hydrogen) atoms. The maximum Gasteiger partial charge on any atom is 0.0939 e. The van der Waals surface area contributed by atoms with Crippen molar-refractivity contribution in [3.8, 4) is 0 Å².